The number of aromatic nitrogens is 1. The molecule has 0 atom stereocenters. The minimum atomic E-state index is 0.730. The molecule has 0 spiro atoms. The van der Waals surface area contributed by atoms with E-state index in [0.29, 0.717) is 0 Å². The number of pyridine rings is 1. The quantitative estimate of drug-likeness (QED) is 0.553. The Bertz CT molecular complexity index is 461. The third kappa shape index (κ3) is 4.61. The Hall–Kier alpha value is -0.850. The monoisotopic (exact) mass is 327 g/mol. The maximum absolute atomic E-state index is 4.81. The molecule has 3 rings (SSSR count). The molecular formula is C23H37N. The van der Waals surface area contributed by atoms with Crippen molar-refractivity contribution >= 4 is 0 Å². The SMILES string of the molecule is CCCCc1ccc([C@H]2CC[C@H]([C@H]3CC[C@H](CC)CC3)CC2)nc1. The second kappa shape index (κ2) is 9.02. The zero-order valence-corrected chi connectivity index (χ0v) is 16.0. The maximum atomic E-state index is 4.81. The van der Waals surface area contributed by atoms with E-state index >= 15 is 0 Å². The van der Waals surface area contributed by atoms with Gasteiger partial charge < -0.3 is 0 Å². The van der Waals surface area contributed by atoms with Crippen LogP contribution in [0, 0.1) is 17.8 Å². The van der Waals surface area contributed by atoms with Crippen LogP contribution in [0.1, 0.15) is 102 Å². The summed E-state index contributed by atoms with van der Waals surface area (Å²) in [5.41, 5.74) is 2.78. The summed E-state index contributed by atoms with van der Waals surface area (Å²) in [6, 6.07) is 4.65. The van der Waals surface area contributed by atoms with Crippen molar-refractivity contribution in [1.29, 1.82) is 0 Å². The van der Waals surface area contributed by atoms with Crippen LogP contribution in [0.2, 0.25) is 0 Å². The van der Waals surface area contributed by atoms with Crippen LogP contribution in [0.15, 0.2) is 18.3 Å². The van der Waals surface area contributed by atoms with Crippen LogP contribution >= 0.6 is 0 Å². The molecule has 1 heterocycles. The van der Waals surface area contributed by atoms with Crippen LogP contribution in [0.5, 0.6) is 0 Å². The van der Waals surface area contributed by atoms with Crippen molar-refractivity contribution in [3.8, 4) is 0 Å². The fourth-order valence-corrected chi connectivity index (χ4v) is 5.16. The largest absolute Gasteiger partial charge is 0.261 e. The molecule has 1 aromatic heterocycles. The average Bonchev–Trinajstić information content (AvgIpc) is 2.67. The summed E-state index contributed by atoms with van der Waals surface area (Å²) in [5, 5.41) is 0. The first-order valence-electron chi connectivity index (χ1n) is 10.7. The van der Waals surface area contributed by atoms with Gasteiger partial charge in [-0.05, 0) is 80.8 Å². The van der Waals surface area contributed by atoms with Crippen LogP contribution in [-0.4, -0.2) is 4.98 Å². The minimum absolute atomic E-state index is 0.730. The fourth-order valence-electron chi connectivity index (χ4n) is 5.16. The highest BCUT2D eigenvalue weighted by atomic mass is 14.7. The highest BCUT2D eigenvalue weighted by Crippen LogP contribution is 2.43. The van der Waals surface area contributed by atoms with E-state index in [1.54, 1.807) is 0 Å². The molecule has 134 valence electrons. The number of hydrogen-bond acceptors (Lipinski definition) is 1. The third-order valence-corrected chi connectivity index (χ3v) is 6.99. The van der Waals surface area contributed by atoms with Crippen LogP contribution in [0.3, 0.4) is 0 Å². The summed E-state index contributed by atoms with van der Waals surface area (Å²) >= 11 is 0. The van der Waals surface area contributed by atoms with Crippen LogP contribution < -0.4 is 0 Å². The molecule has 0 bridgehead atoms. The van der Waals surface area contributed by atoms with Gasteiger partial charge in [0.05, 0.1) is 0 Å². The van der Waals surface area contributed by atoms with Crippen molar-refractivity contribution in [2.24, 2.45) is 17.8 Å². The molecule has 0 aromatic carbocycles. The summed E-state index contributed by atoms with van der Waals surface area (Å²) in [4.78, 5) is 4.81. The van der Waals surface area contributed by atoms with Crippen molar-refractivity contribution in [2.75, 3.05) is 0 Å². The zero-order chi connectivity index (χ0) is 16.8. The molecule has 0 unspecified atom stereocenters. The van der Waals surface area contributed by atoms with Crippen molar-refractivity contribution in [3.05, 3.63) is 29.6 Å². The van der Waals surface area contributed by atoms with Gasteiger partial charge >= 0.3 is 0 Å². The number of hydrogen-bond donors (Lipinski definition) is 0. The van der Waals surface area contributed by atoms with Crippen LogP contribution in [-0.2, 0) is 6.42 Å². The molecule has 24 heavy (non-hydrogen) atoms. The molecule has 0 amide bonds. The Labute approximate surface area is 149 Å². The van der Waals surface area contributed by atoms with E-state index < -0.39 is 0 Å². The maximum Gasteiger partial charge on any atom is 0.0434 e. The van der Waals surface area contributed by atoms with Gasteiger partial charge in [-0.1, -0.05) is 45.6 Å². The Kier molecular flexibility index (Phi) is 6.75. The van der Waals surface area contributed by atoms with Crippen LogP contribution in [0.4, 0.5) is 0 Å². The van der Waals surface area contributed by atoms with Gasteiger partial charge in [0.15, 0.2) is 0 Å². The molecule has 0 radical (unpaired) electrons. The van der Waals surface area contributed by atoms with E-state index in [4.69, 9.17) is 4.98 Å². The molecule has 2 aliphatic rings. The van der Waals surface area contributed by atoms with Gasteiger partial charge in [0.2, 0.25) is 0 Å². The third-order valence-electron chi connectivity index (χ3n) is 6.99. The number of rotatable bonds is 6. The Morgan fingerprint density at radius 2 is 1.54 bits per heavy atom. The number of nitrogens with zero attached hydrogens (tertiary/aromatic N) is 1. The molecular weight excluding hydrogens is 290 g/mol. The summed E-state index contributed by atoms with van der Waals surface area (Å²) < 4.78 is 0. The molecule has 0 saturated heterocycles. The summed E-state index contributed by atoms with van der Waals surface area (Å²) in [7, 11) is 0. The summed E-state index contributed by atoms with van der Waals surface area (Å²) in [6.07, 6.45) is 19.0. The highest BCUT2D eigenvalue weighted by molar-refractivity contribution is 5.17. The second-order valence-electron chi connectivity index (χ2n) is 8.50. The molecule has 1 heteroatoms. The summed E-state index contributed by atoms with van der Waals surface area (Å²) in [6.45, 7) is 4.63. The zero-order valence-electron chi connectivity index (χ0n) is 16.0. The smallest absolute Gasteiger partial charge is 0.0434 e. The van der Waals surface area contributed by atoms with Crippen molar-refractivity contribution in [1.82, 2.24) is 4.98 Å². The average molecular weight is 328 g/mol. The van der Waals surface area contributed by atoms with Gasteiger partial charge in [0.1, 0.15) is 0 Å². The fraction of sp³-hybridized carbons (Fsp3) is 0.783. The molecule has 1 nitrogen and oxygen atoms in total. The number of aryl methyl sites for hydroxylation is 1. The molecule has 1 aromatic rings. The van der Waals surface area contributed by atoms with E-state index in [0.717, 1.165) is 23.7 Å². The van der Waals surface area contributed by atoms with Gasteiger partial charge in [-0.2, -0.15) is 0 Å². The first-order valence-corrected chi connectivity index (χ1v) is 10.7. The van der Waals surface area contributed by atoms with Crippen LogP contribution in [0.25, 0.3) is 0 Å². The predicted molar refractivity (Wildman–Crippen MR) is 103 cm³/mol. The van der Waals surface area contributed by atoms with Crippen molar-refractivity contribution < 1.29 is 0 Å². The van der Waals surface area contributed by atoms with E-state index in [9.17, 15) is 0 Å². The van der Waals surface area contributed by atoms with Gasteiger partial charge in [0.25, 0.3) is 0 Å². The standard InChI is InChI=1S/C23H37N/c1-3-5-6-19-9-16-23(24-17-19)22-14-12-21(13-15-22)20-10-7-18(4-2)8-11-20/h9,16-18,20-22H,3-8,10-15H2,1-2H3/t18-,20-,21-,22-. The topological polar surface area (TPSA) is 12.9 Å². The van der Waals surface area contributed by atoms with E-state index in [-0.39, 0.29) is 0 Å². The Balaban J connectivity index is 1.46. The van der Waals surface area contributed by atoms with Crippen molar-refractivity contribution in [3.63, 3.8) is 0 Å². The van der Waals surface area contributed by atoms with Crippen molar-refractivity contribution in [2.45, 2.75) is 96.8 Å². The lowest BCUT2D eigenvalue weighted by Gasteiger charge is -2.37. The Morgan fingerprint density at radius 3 is 2.08 bits per heavy atom. The van der Waals surface area contributed by atoms with E-state index in [1.165, 1.54) is 88.3 Å². The normalized spacial score (nSPS) is 31.1. The van der Waals surface area contributed by atoms with Gasteiger partial charge in [-0.15, -0.1) is 0 Å². The number of unbranched alkanes of at least 4 members (excludes halogenated alkanes) is 1. The van der Waals surface area contributed by atoms with Gasteiger partial charge in [-0.25, -0.2) is 0 Å². The highest BCUT2D eigenvalue weighted by Gasteiger charge is 2.31. The molecule has 0 N–H and O–H groups in total. The predicted octanol–water partition coefficient (Wildman–Crippen LogP) is 6.91. The lowest BCUT2D eigenvalue weighted by Crippen LogP contribution is -2.25. The Morgan fingerprint density at radius 1 is 0.875 bits per heavy atom. The lowest BCUT2D eigenvalue weighted by atomic mass is 9.68. The lowest BCUT2D eigenvalue weighted by molar-refractivity contribution is 0.158. The van der Waals surface area contributed by atoms with Gasteiger partial charge in [0, 0.05) is 17.8 Å². The van der Waals surface area contributed by atoms with Gasteiger partial charge in [-0.3, -0.25) is 4.98 Å². The minimum Gasteiger partial charge on any atom is -0.261 e. The molecule has 2 saturated carbocycles. The first-order chi connectivity index (χ1) is 11.8. The van der Waals surface area contributed by atoms with E-state index in [1.807, 2.05) is 0 Å². The second-order valence-corrected chi connectivity index (χ2v) is 8.50. The molecule has 0 aliphatic heterocycles. The molecule has 2 aliphatic carbocycles. The molecule has 2 fully saturated rings. The summed E-state index contributed by atoms with van der Waals surface area (Å²) in [5.74, 6) is 3.82. The van der Waals surface area contributed by atoms with E-state index in [2.05, 4.69) is 32.2 Å². The first kappa shape index (κ1) is 18.0.